The van der Waals surface area contributed by atoms with Gasteiger partial charge in [0.2, 0.25) is 0 Å². The zero-order valence-electron chi connectivity index (χ0n) is 25.7. The zero-order chi connectivity index (χ0) is 30.9. The van der Waals surface area contributed by atoms with Crippen LogP contribution in [0, 0.1) is 6.92 Å². The minimum atomic E-state index is -1.06. The summed E-state index contributed by atoms with van der Waals surface area (Å²) in [6.45, 7) is 10.8. The fraction of sp³-hybridized carbons (Fsp3) is 0.545. The molecule has 5 rings (SSSR count). The molecule has 0 aromatic heterocycles. The number of aryl methyl sites for hydroxylation is 1. The second-order valence-electron chi connectivity index (χ2n) is 12.7. The fourth-order valence-electron chi connectivity index (χ4n) is 6.26. The summed E-state index contributed by atoms with van der Waals surface area (Å²) in [7, 11) is 0. The predicted molar refractivity (Wildman–Crippen MR) is 160 cm³/mol. The number of hydrogen-bond acceptors (Lipinski definition) is 7. The summed E-state index contributed by atoms with van der Waals surface area (Å²) >= 11 is 0. The van der Waals surface area contributed by atoms with Gasteiger partial charge in [-0.05, 0) is 83.2 Å². The molecule has 2 aromatic rings. The van der Waals surface area contributed by atoms with Gasteiger partial charge in [-0.15, -0.1) is 0 Å². The van der Waals surface area contributed by atoms with Crippen LogP contribution in [0.1, 0.15) is 77.9 Å². The molecule has 0 spiro atoms. The van der Waals surface area contributed by atoms with Crippen LogP contribution in [0.2, 0.25) is 0 Å². The number of rotatable bonds is 7. The Morgan fingerprint density at radius 1 is 1.07 bits per heavy atom. The first-order valence-corrected chi connectivity index (χ1v) is 15.2. The standard InChI is InChI=1S/C33H43N3O7/c1-6-42-29-15-22(31(39)36-24-10-11-25(36)19-41-18-24)9-12-26(29)30(38)34-16-28(37)27-14-21-8-7-20(2)13-23(21)17-35(27)32(40)43-33(3,4)5/h7-9,12-13,15,24-25,27-28,37H,6,10-11,14,16-19H2,1-5H3,(H,34,38)/t24?,25?,27?,28-/m1/s1. The van der Waals surface area contributed by atoms with Gasteiger partial charge in [-0.1, -0.05) is 23.8 Å². The minimum absolute atomic E-state index is 0.0716. The highest BCUT2D eigenvalue weighted by atomic mass is 16.6. The summed E-state index contributed by atoms with van der Waals surface area (Å²) in [4.78, 5) is 43.4. The van der Waals surface area contributed by atoms with E-state index in [4.69, 9.17) is 14.2 Å². The van der Waals surface area contributed by atoms with Crippen molar-refractivity contribution in [3.05, 3.63) is 64.2 Å². The van der Waals surface area contributed by atoms with E-state index < -0.39 is 29.7 Å². The SMILES string of the molecule is CCOc1cc(C(=O)N2C3CCC2COC3)ccc1C(=O)NC[C@@H](O)C1Cc2ccc(C)cc2CN1C(=O)OC(C)(C)C. The lowest BCUT2D eigenvalue weighted by Crippen LogP contribution is -2.54. The van der Waals surface area contributed by atoms with Crippen LogP contribution in [-0.2, 0) is 22.4 Å². The van der Waals surface area contributed by atoms with E-state index in [1.165, 1.54) is 0 Å². The molecule has 10 nitrogen and oxygen atoms in total. The minimum Gasteiger partial charge on any atom is -0.493 e. The van der Waals surface area contributed by atoms with E-state index in [-0.39, 0.29) is 30.1 Å². The molecule has 3 amide bonds. The van der Waals surface area contributed by atoms with Crippen LogP contribution in [0.15, 0.2) is 36.4 Å². The van der Waals surface area contributed by atoms with Gasteiger partial charge in [-0.2, -0.15) is 0 Å². The summed E-state index contributed by atoms with van der Waals surface area (Å²) in [5.74, 6) is -0.226. The Balaban J connectivity index is 1.30. The van der Waals surface area contributed by atoms with Gasteiger partial charge >= 0.3 is 6.09 Å². The van der Waals surface area contributed by atoms with Crippen molar-refractivity contribution in [2.45, 2.75) is 90.3 Å². The molecule has 2 fully saturated rings. The van der Waals surface area contributed by atoms with Crippen LogP contribution < -0.4 is 10.1 Å². The number of carbonyl (C=O) groups is 3. The monoisotopic (exact) mass is 593 g/mol. The number of aliphatic hydroxyl groups is 1. The average molecular weight is 594 g/mol. The summed E-state index contributed by atoms with van der Waals surface area (Å²) in [5.41, 5.74) is 3.18. The Hall–Kier alpha value is -3.63. The first kappa shape index (κ1) is 30.8. The molecule has 3 heterocycles. The summed E-state index contributed by atoms with van der Waals surface area (Å²) in [6.07, 6.45) is 0.711. The van der Waals surface area contributed by atoms with Gasteiger partial charge in [0, 0.05) is 18.7 Å². The molecule has 10 heteroatoms. The van der Waals surface area contributed by atoms with Crippen LogP contribution in [-0.4, -0.2) is 89.0 Å². The number of nitrogens with one attached hydrogen (secondary N) is 1. The first-order chi connectivity index (χ1) is 20.4. The summed E-state index contributed by atoms with van der Waals surface area (Å²) in [5, 5.41) is 14.1. The molecule has 3 aliphatic heterocycles. The van der Waals surface area contributed by atoms with Gasteiger partial charge in [-0.25, -0.2) is 4.79 Å². The van der Waals surface area contributed by atoms with Gasteiger partial charge < -0.3 is 29.5 Å². The Labute approximate surface area is 253 Å². The molecule has 3 aliphatic rings. The van der Waals surface area contributed by atoms with Crippen LogP contribution in [0.25, 0.3) is 0 Å². The molecule has 2 aromatic carbocycles. The molecular weight excluding hydrogens is 550 g/mol. The van der Waals surface area contributed by atoms with Crippen molar-refractivity contribution in [3.8, 4) is 5.75 Å². The quantitative estimate of drug-likeness (QED) is 0.501. The predicted octanol–water partition coefficient (Wildman–Crippen LogP) is 3.85. The lowest BCUT2D eigenvalue weighted by atomic mass is 9.90. The second-order valence-corrected chi connectivity index (χ2v) is 12.7. The van der Waals surface area contributed by atoms with E-state index in [0.717, 1.165) is 29.5 Å². The molecule has 0 radical (unpaired) electrons. The zero-order valence-corrected chi connectivity index (χ0v) is 25.7. The number of carbonyl (C=O) groups excluding carboxylic acids is 3. The Kier molecular flexibility index (Phi) is 8.99. The smallest absolute Gasteiger partial charge is 0.410 e. The first-order valence-electron chi connectivity index (χ1n) is 15.2. The van der Waals surface area contributed by atoms with E-state index in [1.807, 2.05) is 36.9 Å². The number of benzene rings is 2. The van der Waals surface area contributed by atoms with Crippen molar-refractivity contribution in [3.63, 3.8) is 0 Å². The van der Waals surface area contributed by atoms with Crippen LogP contribution >= 0.6 is 0 Å². The van der Waals surface area contributed by atoms with E-state index in [2.05, 4.69) is 5.32 Å². The van der Waals surface area contributed by atoms with Crippen LogP contribution in [0.4, 0.5) is 4.79 Å². The lowest BCUT2D eigenvalue weighted by molar-refractivity contribution is -0.0113. The molecule has 4 atom stereocenters. The van der Waals surface area contributed by atoms with Crippen molar-refractivity contribution >= 4 is 17.9 Å². The number of morpholine rings is 1. The van der Waals surface area contributed by atoms with Crippen LogP contribution in [0.3, 0.4) is 0 Å². The molecular formula is C33H43N3O7. The number of hydrogen-bond donors (Lipinski definition) is 2. The molecule has 0 aliphatic carbocycles. The Bertz CT molecular complexity index is 1350. The molecule has 2 N–H and O–H groups in total. The third-order valence-corrected chi connectivity index (χ3v) is 8.32. The van der Waals surface area contributed by atoms with Crippen molar-refractivity contribution in [2.24, 2.45) is 0 Å². The molecule has 0 saturated carbocycles. The molecule has 3 unspecified atom stereocenters. The van der Waals surface area contributed by atoms with Crippen LogP contribution in [0.5, 0.6) is 5.75 Å². The van der Waals surface area contributed by atoms with Gasteiger partial charge in [0.25, 0.3) is 11.8 Å². The largest absolute Gasteiger partial charge is 0.493 e. The normalized spacial score (nSPS) is 22.0. The molecule has 2 bridgehead atoms. The highest BCUT2D eigenvalue weighted by Gasteiger charge is 2.41. The summed E-state index contributed by atoms with van der Waals surface area (Å²) in [6, 6.07) is 10.5. The molecule has 232 valence electrons. The number of fused-ring (bicyclic) bond motifs is 3. The maximum atomic E-state index is 13.4. The second kappa shape index (κ2) is 12.5. The third kappa shape index (κ3) is 6.80. The van der Waals surface area contributed by atoms with Crippen molar-refractivity contribution in [1.82, 2.24) is 15.1 Å². The maximum Gasteiger partial charge on any atom is 0.410 e. The Morgan fingerprint density at radius 2 is 1.79 bits per heavy atom. The fourth-order valence-corrected chi connectivity index (χ4v) is 6.26. The van der Waals surface area contributed by atoms with Crippen molar-refractivity contribution in [1.29, 1.82) is 0 Å². The number of nitrogens with zero attached hydrogens (tertiary/aromatic N) is 2. The van der Waals surface area contributed by atoms with E-state index in [1.54, 1.807) is 43.9 Å². The number of amides is 3. The molecule has 43 heavy (non-hydrogen) atoms. The Morgan fingerprint density at radius 3 is 2.47 bits per heavy atom. The van der Waals surface area contributed by atoms with Crippen molar-refractivity contribution < 1.29 is 33.7 Å². The maximum absolute atomic E-state index is 13.4. The van der Waals surface area contributed by atoms with Gasteiger partial charge in [0.1, 0.15) is 11.4 Å². The highest BCUT2D eigenvalue weighted by Crippen LogP contribution is 2.32. The lowest BCUT2D eigenvalue weighted by Gasteiger charge is -2.40. The van der Waals surface area contributed by atoms with E-state index in [0.29, 0.717) is 44.1 Å². The number of ether oxygens (including phenoxy) is 3. The topological polar surface area (TPSA) is 118 Å². The van der Waals surface area contributed by atoms with Crippen molar-refractivity contribution in [2.75, 3.05) is 26.4 Å². The van der Waals surface area contributed by atoms with Gasteiger partial charge in [0.15, 0.2) is 0 Å². The average Bonchev–Trinajstić information content (AvgIpc) is 3.21. The third-order valence-electron chi connectivity index (χ3n) is 8.32. The highest BCUT2D eigenvalue weighted by molar-refractivity contribution is 6.00. The van der Waals surface area contributed by atoms with Gasteiger partial charge in [-0.3, -0.25) is 14.5 Å². The molecule has 2 saturated heterocycles. The number of aliphatic hydroxyl groups excluding tert-OH is 1. The van der Waals surface area contributed by atoms with E-state index >= 15 is 0 Å². The van der Waals surface area contributed by atoms with Gasteiger partial charge in [0.05, 0.1) is 49.6 Å². The van der Waals surface area contributed by atoms with E-state index in [9.17, 15) is 19.5 Å². The summed E-state index contributed by atoms with van der Waals surface area (Å²) < 4.78 is 17.1.